The molecular formula is C21H37IN4O. The van der Waals surface area contributed by atoms with Crippen molar-refractivity contribution >= 4 is 35.6 Å². The molecule has 0 bridgehead atoms. The molecule has 0 aromatic heterocycles. The van der Waals surface area contributed by atoms with Gasteiger partial charge in [0.1, 0.15) is 0 Å². The predicted molar refractivity (Wildman–Crippen MR) is 126 cm³/mol. The second-order valence-corrected chi connectivity index (χ2v) is 7.40. The van der Waals surface area contributed by atoms with Crippen LogP contribution >= 0.6 is 24.0 Å². The Bertz CT molecular complexity index is 524. The molecule has 6 heteroatoms. The average molecular weight is 488 g/mol. The molecule has 1 aromatic carbocycles. The minimum absolute atomic E-state index is 0. The fourth-order valence-corrected chi connectivity index (χ4v) is 3.12. The Balaban J connectivity index is 0.00000364. The van der Waals surface area contributed by atoms with Crippen LogP contribution in [0.5, 0.6) is 0 Å². The van der Waals surface area contributed by atoms with Crippen molar-refractivity contribution in [3.63, 3.8) is 0 Å². The van der Waals surface area contributed by atoms with Crippen LogP contribution in [-0.4, -0.2) is 51.9 Å². The maximum absolute atomic E-state index is 5.63. The minimum Gasteiger partial charge on any atom is -0.381 e. The van der Waals surface area contributed by atoms with Crippen molar-refractivity contribution in [3.05, 3.63) is 30.3 Å². The highest BCUT2D eigenvalue weighted by Gasteiger charge is 2.22. The molecule has 1 aliphatic heterocycles. The Morgan fingerprint density at radius 2 is 2.04 bits per heavy atom. The zero-order chi connectivity index (χ0) is 18.6. The smallest absolute Gasteiger partial charge is 0.191 e. The molecule has 5 nitrogen and oxygen atoms in total. The van der Waals surface area contributed by atoms with Crippen molar-refractivity contribution in [2.45, 2.75) is 33.6 Å². The molecular weight excluding hydrogens is 451 g/mol. The fourth-order valence-electron chi connectivity index (χ4n) is 3.12. The second-order valence-electron chi connectivity index (χ2n) is 7.40. The minimum atomic E-state index is 0. The Hall–Kier alpha value is -1.02. The van der Waals surface area contributed by atoms with E-state index in [0.29, 0.717) is 11.8 Å². The SMILES string of the molecule is CCNC(=NCC1CCN(c2ccccc2)C1)NCCCOCC(C)C.I. The van der Waals surface area contributed by atoms with Crippen LogP contribution in [-0.2, 0) is 4.74 Å². The van der Waals surface area contributed by atoms with Crippen LogP contribution in [0.3, 0.4) is 0 Å². The summed E-state index contributed by atoms with van der Waals surface area (Å²) in [5.74, 6) is 2.15. The van der Waals surface area contributed by atoms with Gasteiger partial charge in [0.05, 0.1) is 0 Å². The van der Waals surface area contributed by atoms with Gasteiger partial charge in [0.2, 0.25) is 0 Å². The van der Waals surface area contributed by atoms with Gasteiger partial charge in [-0.15, -0.1) is 24.0 Å². The molecule has 2 rings (SSSR count). The number of nitrogens with one attached hydrogen (secondary N) is 2. The van der Waals surface area contributed by atoms with Crippen LogP contribution in [0.15, 0.2) is 35.3 Å². The highest BCUT2D eigenvalue weighted by atomic mass is 127. The molecule has 1 aromatic rings. The average Bonchev–Trinajstić information content (AvgIpc) is 3.12. The third kappa shape index (κ3) is 9.65. The Morgan fingerprint density at radius 1 is 1.26 bits per heavy atom. The van der Waals surface area contributed by atoms with Crippen molar-refractivity contribution in [3.8, 4) is 0 Å². The zero-order valence-electron chi connectivity index (χ0n) is 17.1. The van der Waals surface area contributed by atoms with E-state index in [1.165, 1.54) is 12.1 Å². The van der Waals surface area contributed by atoms with Gasteiger partial charge in [0.15, 0.2) is 5.96 Å². The summed E-state index contributed by atoms with van der Waals surface area (Å²) in [4.78, 5) is 7.26. The number of anilines is 1. The maximum atomic E-state index is 5.63. The Kier molecular flexibility index (Phi) is 12.5. The molecule has 1 saturated heterocycles. The standard InChI is InChI=1S/C21H36N4O.HI/c1-4-22-21(23-12-8-14-26-17-18(2)3)24-15-19-11-13-25(16-19)20-9-6-5-7-10-20;/h5-7,9-10,18-19H,4,8,11-17H2,1-3H3,(H2,22,23,24);1H. The zero-order valence-corrected chi connectivity index (χ0v) is 19.4. The van der Waals surface area contributed by atoms with E-state index in [2.05, 4.69) is 66.6 Å². The molecule has 27 heavy (non-hydrogen) atoms. The number of hydrogen-bond donors (Lipinski definition) is 2. The van der Waals surface area contributed by atoms with E-state index in [1.807, 2.05) is 0 Å². The van der Waals surface area contributed by atoms with Crippen LogP contribution in [0.1, 0.15) is 33.6 Å². The fraction of sp³-hybridized carbons (Fsp3) is 0.667. The van der Waals surface area contributed by atoms with Crippen LogP contribution in [0.25, 0.3) is 0 Å². The number of aliphatic imine (C=N–C) groups is 1. The van der Waals surface area contributed by atoms with Gasteiger partial charge in [-0.3, -0.25) is 4.99 Å². The summed E-state index contributed by atoms with van der Waals surface area (Å²) < 4.78 is 5.63. The number of benzene rings is 1. The van der Waals surface area contributed by atoms with E-state index >= 15 is 0 Å². The molecule has 2 N–H and O–H groups in total. The van der Waals surface area contributed by atoms with Gasteiger partial charge in [0.25, 0.3) is 0 Å². The number of rotatable bonds is 10. The maximum Gasteiger partial charge on any atom is 0.191 e. The molecule has 1 unspecified atom stereocenters. The van der Waals surface area contributed by atoms with E-state index in [0.717, 1.165) is 58.3 Å². The Labute approximate surface area is 182 Å². The van der Waals surface area contributed by atoms with Crippen molar-refractivity contribution in [1.82, 2.24) is 10.6 Å². The number of para-hydroxylation sites is 1. The van der Waals surface area contributed by atoms with E-state index in [4.69, 9.17) is 9.73 Å². The summed E-state index contributed by atoms with van der Waals surface area (Å²) in [7, 11) is 0. The van der Waals surface area contributed by atoms with E-state index in [9.17, 15) is 0 Å². The topological polar surface area (TPSA) is 48.9 Å². The first kappa shape index (κ1) is 24.0. The van der Waals surface area contributed by atoms with Crippen LogP contribution in [0, 0.1) is 11.8 Å². The summed E-state index contributed by atoms with van der Waals surface area (Å²) in [6.45, 7) is 13.0. The van der Waals surface area contributed by atoms with Crippen LogP contribution in [0.4, 0.5) is 5.69 Å². The van der Waals surface area contributed by atoms with Crippen molar-refractivity contribution in [2.24, 2.45) is 16.8 Å². The first-order valence-corrected chi connectivity index (χ1v) is 10.1. The lowest BCUT2D eigenvalue weighted by atomic mass is 10.1. The molecule has 1 fully saturated rings. The third-order valence-corrected chi connectivity index (χ3v) is 4.47. The molecule has 0 radical (unpaired) electrons. The lowest BCUT2D eigenvalue weighted by Gasteiger charge is -2.18. The molecule has 1 atom stereocenters. The second kappa shape index (κ2) is 14.0. The van der Waals surface area contributed by atoms with Gasteiger partial charge < -0.3 is 20.3 Å². The molecule has 0 aliphatic carbocycles. The number of ether oxygens (including phenoxy) is 1. The summed E-state index contributed by atoms with van der Waals surface area (Å²) in [6.07, 6.45) is 2.21. The summed E-state index contributed by atoms with van der Waals surface area (Å²) >= 11 is 0. The summed E-state index contributed by atoms with van der Waals surface area (Å²) in [6, 6.07) is 10.7. The highest BCUT2D eigenvalue weighted by molar-refractivity contribution is 14.0. The van der Waals surface area contributed by atoms with Crippen molar-refractivity contribution < 1.29 is 4.74 Å². The van der Waals surface area contributed by atoms with Crippen molar-refractivity contribution in [2.75, 3.05) is 50.8 Å². The van der Waals surface area contributed by atoms with Gasteiger partial charge in [-0.2, -0.15) is 0 Å². The monoisotopic (exact) mass is 488 g/mol. The van der Waals surface area contributed by atoms with Gasteiger partial charge in [0, 0.05) is 51.6 Å². The van der Waals surface area contributed by atoms with Gasteiger partial charge in [-0.25, -0.2) is 0 Å². The van der Waals surface area contributed by atoms with E-state index < -0.39 is 0 Å². The van der Waals surface area contributed by atoms with E-state index in [-0.39, 0.29) is 24.0 Å². The highest BCUT2D eigenvalue weighted by Crippen LogP contribution is 2.23. The van der Waals surface area contributed by atoms with Gasteiger partial charge >= 0.3 is 0 Å². The predicted octanol–water partition coefficient (Wildman–Crippen LogP) is 3.75. The van der Waals surface area contributed by atoms with Crippen LogP contribution < -0.4 is 15.5 Å². The number of halogens is 1. The van der Waals surface area contributed by atoms with Crippen molar-refractivity contribution in [1.29, 1.82) is 0 Å². The first-order chi connectivity index (χ1) is 12.7. The Morgan fingerprint density at radius 3 is 2.74 bits per heavy atom. The molecule has 0 saturated carbocycles. The molecule has 0 amide bonds. The lowest BCUT2D eigenvalue weighted by Crippen LogP contribution is -2.38. The molecule has 1 heterocycles. The number of guanidine groups is 1. The van der Waals surface area contributed by atoms with Gasteiger partial charge in [-0.1, -0.05) is 32.0 Å². The quantitative estimate of drug-likeness (QED) is 0.228. The summed E-state index contributed by atoms with van der Waals surface area (Å²) in [5, 5.41) is 6.76. The summed E-state index contributed by atoms with van der Waals surface area (Å²) in [5.41, 5.74) is 1.32. The normalized spacial score (nSPS) is 17.1. The first-order valence-electron chi connectivity index (χ1n) is 10.1. The molecule has 154 valence electrons. The number of hydrogen-bond acceptors (Lipinski definition) is 3. The van der Waals surface area contributed by atoms with Crippen LogP contribution in [0.2, 0.25) is 0 Å². The largest absolute Gasteiger partial charge is 0.381 e. The van der Waals surface area contributed by atoms with E-state index in [1.54, 1.807) is 0 Å². The lowest BCUT2D eigenvalue weighted by molar-refractivity contribution is 0.108. The third-order valence-electron chi connectivity index (χ3n) is 4.47. The number of nitrogens with zero attached hydrogens (tertiary/aromatic N) is 2. The van der Waals surface area contributed by atoms with Gasteiger partial charge in [-0.05, 0) is 43.7 Å². The molecule has 1 aliphatic rings. The molecule has 0 spiro atoms.